The number of nitrogens with zero attached hydrogens (tertiary/aromatic N) is 1. The molecule has 144 valence electrons. The van der Waals surface area contributed by atoms with Gasteiger partial charge >= 0.3 is 0 Å². The van der Waals surface area contributed by atoms with Crippen molar-refractivity contribution in [2.24, 2.45) is 0 Å². The van der Waals surface area contributed by atoms with Crippen LogP contribution in [0.4, 0.5) is 0 Å². The fraction of sp³-hybridized carbons (Fsp3) is 0.154. The quantitative estimate of drug-likeness (QED) is 0.455. The molecule has 4 rings (SSSR count). The van der Waals surface area contributed by atoms with E-state index in [2.05, 4.69) is 43.4 Å². The van der Waals surface area contributed by atoms with Crippen molar-refractivity contribution in [1.82, 2.24) is 10.3 Å². The van der Waals surface area contributed by atoms with Crippen molar-refractivity contribution >= 4 is 16.8 Å². The normalized spacial score (nSPS) is 11.9. The zero-order valence-electron chi connectivity index (χ0n) is 16.7. The van der Waals surface area contributed by atoms with Crippen LogP contribution in [0.5, 0.6) is 0 Å². The molecule has 3 aromatic carbocycles. The predicted octanol–water partition coefficient (Wildman–Crippen LogP) is 6.09. The lowest BCUT2D eigenvalue weighted by molar-refractivity contribution is 0.0937. The van der Waals surface area contributed by atoms with Gasteiger partial charge in [-0.15, -0.1) is 0 Å². The number of fused-ring (bicyclic) bond motifs is 1. The molecule has 0 spiro atoms. The van der Waals surface area contributed by atoms with Crippen LogP contribution in [0, 0.1) is 6.92 Å². The van der Waals surface area contributed by atoms with Crippen molar-refractivity contribution in [2.75, 3.05) is 0 Å². The first-order valence-electron chi connectivity index (χ1n) is 9.98. The van der Waals surface area contributed by atoms with Crippen LogP contribution >= 0.6 is 0 Å². The first-order valence-corrected chi connectivity index (χ1v) is 9.98. The standard InChI is InChI=1S/C26H24N2O/c1-3-23(20-15-13-18(2)14-16-20)28-26(29)22-17-25(19-9-5-4-6-10-19)27-24-12-8-7-11-21(22)24/h4-17,23H,3H2,1-2H3,(H,28,29)/t23-/m0/s1. The summed E-state index contributed by atoms with van der Waals surface area (Å²) < 4.78 is 0. The van der Waals surface area contributed by atoms with Crippen LogP contribution in [0.1, 0.15) is 40.9 Å². The van der Waals surface area contributed by atoms with Gasteiger partial charge in [-0.05, 0) is 31.0 Å². The number of amides is 1. The van der Waals surface area contributed by atoms with Crippen molar-refractivity contribution in [3.8, 4) is 11.3 Å². The number of benzene rings is 3. The Morgan fingerprint density at radius 2 is 1.62 bits per heavy atom. The Labute approximate surface area is 171 Å². The first kappa shape index (κ1) is 18.9. The molecule has 1 aromatic heterocycles. The van der Waals surface area contributed by atoms with Gasteiger partial charge in [0.15, 0.2) is 0 Å². The van der Waals surface area contributed by atoms with Gasteiger partial charge in [0.2, 0.25) is 0 Å². The Hall–Kier alpha value is -3.46. The highest BCUT2D eigenvalue weighted by atomic mass is 16.1. The summed E-state index contributed by atoms with van der Waals surface area (Å²) in [6.45, 7) is 4.16. The van der Waals surface area contributed by atoms with Crippen LogP contribution in [-0.2, 0) is 0 Å². The summed E-state index contributed by atoms with van der Waals surface area (Å²) >= 11 is 0. The Bertz CT molecular complexity index is 1130. The van der Waals surface area contributed by atoms with Gasteiger partial charge in [-0.2, -0.15) is 0 Å². The smallest absolute Gasteiger partial charge is 0.252 e. The Morgan fingerprint density at radius 1 is 0.931 bits per heavy atom. The van der Waals surface area contributed by atoms with Gasteiger partial charge in [-0.25, -0.2) is 4.98 Å². The average Bonchev–Trinajstić information content (AvgIpc) is 2.78. The van der Waals surface area contributed by atoms with E-state index in [9.17, 15) is 4.79 Å². The van der Waals surface area contributed by atoms with E-state index in [1.165, 1.54) is 5.56 Å². The van der Waals surface area contributed by atoms with Crippen molar-refractivity contribution in [1.29, 1.82) is 0 Å². The molecule has 3 heteroatoms. The molecule has 1 atom stereocenters. The third-order valence-corrected chi connectivity index (χ3v) is 5.22. The molecule has 0 aliphatic heterocycles. The van der Waals surface area contributed by atoms with E-state index < -0.39 is 0 Å². The lowest BCUT2D eigenvalue weighted by atomic mass is 10.0. The van der Waals surface area contributed by atoms with E-state index in [0.717, 1.165) is 34.1 Å². The van der Waals surface area contributed by atoms with Gasteiger partial charge in [-0.1, -0.05) is 85.3 Å². The first-order chi connectivity index (χ1) is 14.2. The summed E-state index contributed by atoms with van der Waals surface area (Å²) in [5.41, 5.74) is 5.61. The van der Waals surface area contributed by atoms with Gasteiger partial charge in [-0.3, -0.25) is 4.79 Å². The van der Waals surface area contributed by atoms with E-state index in [1.54, 1.807) is 0 Å². The van der Waals surface area contributed by atoms with E-state index in [1.807, 2.05) is 60.7 Å². The third-order valence-electron chi connectivity index (χ3n) is 5.22. The molecule has 1 heterocycles. The van der Waals surface area contributed by atoms with E-state index in [0.29, 0.717) is 5.56 Å². The van der Waals surface area contributed by atoms with Gasteiger partial charge in [0, 0.05) is 10.9 Å². The van der Waals surface area contributed by atoms with Crippen molar-refractivity contribution in [3.05, 3.63) is 102 Å². The van der Waals surface area contributed by atoms with Crippen LogP contribution in [-0.4, -0.2) is 10.9 Å². The Kier molecular flexibility index (Phi) is 5.39. The fourth-order valence-corrected chi connectivity index (χ4v) is 3.58. The second kappa shape index (κ2) is 8.27. The number of hydrogen-bond donors (Lipinski definition) is 1. The molecule has 0 radical (unpaired) electrons. The van der Waals surface area contributed by atoms with Crippen molar-refractivity contribution in [2.45, 2.75) is 26.3 Å². The number of pyridine rings is 1. The lowest BCUT2D eigenvalue weighted by Gasteiger charge is -2.19. The number of hydrogen-bond acceptors (Lipinski definition) is 2. The lowest BCUT2D eigenvalue weighted by Crippen LogP contribution is -2.28. The molecule has 0 saturated heterocycles. The van der Waals surface area contributed by atoms with Crippen molar-refractivity contribution in [3.63, 3.8) is 0 Å². The summed E-state index contributed by atoms with van der Waals surface area (Å²) in [6.07, 6.45) is 0.823. The number of rotatable bonds is 5. The van der Waals surface area contributed by atoms with Gasteiger partial charge in [0.05, 0.1) is 22.8 Å². The van der Waals surface area contributed by atoms with Gasteiger partial charge < -0.3 is 5.32 Å². The Balaban J connectivity index is 1.73. The van der Waals surface area contributed by atoms with Crippen LogP contribution in [0.3, 0.4) is 0 Å². The fourth-order valence-electron chi connectivity index (χ4n) is 3.58. The minimum absolute atomic E-state index is 0.0322. The summed E-state index contributed by atoms with van der Waals surface area (Å²) in [5, 5.41) is 4.09. The molecule has 0 unspecified atom stereocenters. The number of nitrogens with one attached hydrogen (secondary N) is 1. The largest absolute Gasteiger partial charge is 0.345 e. The number of aryl methyl sites for hydroxylation is 1. The molecule has 0 aliphatic rings. The number of para-hydroxylation sites is 1. The SMILES string of the molecule is CC[C@H](NC(=O)c1cc(-c2ccccc2)nc2ccccc12)c1ccc(C)cc1. The van der Waals surface area contributed by atoms with E-state index >= 15 is 0 Å². The number of aromatic nitrogens is 1. The zero-order valence-corrected chi connectivity index (χ0v) is 16.7. The third kappa shape index (κ3) is 4.04. The topological polar surface area (TPSA) is 42.0 Å². The summed E-state index contributed by atoms with van der Waals surface area (Å²) in [5.74, 6) is -0.0757. The molecule has 0 bridgehead atoms. The average molecular weight is 380 g/mol. The summed E-state index contributed by atoms with van der Waals surface area (Å²) in [7, 11) is 0. The second-order valence-electron chi connectivity index (χ2n) is 7.28. The van der Waals surface area contributed by atoms with Crippen LogP contribution in [0.2, 0.25) is 0 Å². The molecule has 1 amide bonds. The van der Waals surface area contributed by atoms with Crippen molar-refractivity contribution < 1.29 is 4.79 Å². The molecule has 0 saturated carbocycles. The molecular formula is C26H24N2O. The maximum atomic E-state index is 13.3. The molecule has 3 nitrogen and oxygen atoms in total. The number of carbonyl (C=O) groups is 1. The van der Waals surface area contributed by atoms with E-state index in [-0.39, 0.29) is 11.9 Å². The van der Waals surface area contributed by atoms with Crippen LogP contribution < -0.4 is 5.32 Å². The minimum atomic E-state index is -0.0757. The highest BCUT2D eigenvalue weighted by molar-refractivity contribution is 6.07. The van der Waals surface area contributed by atoms with Crippen LogP contribution in [0.15, 0.2) is 84.9 Å². The predicted molar refractivity (Wildman–Crippen MR) is 119 cm³/mol. The molecule has 4 aromatic rings. The Morgan fingerprint density at radius 3 is 2.34 bits per heavy atom. The zero-order chi connectivity index (χ0) is 20.2. The highest BCUT2D eigenvalue weighted by Crippen LogP contribution is 2.26. The molecule has 0 aliphatic carbocycles. The molecule has 1 N–H and O–H groups in total. The highest BCUT2D eigenvalue weighted by Gasteiger charge is 2.18. The summed E-state index contributed by atoms with van der Waals surface area (Å²) in [4.78, 5) is 18.1. The maximum Gasteiger partial charge on any atom is 0.252 e. The minimum Gasteiger partial charge on any atom is -0.345 e. The monoisotopic (exact) mass is 380 g/mol. The number of carbonyl (C=O) groups excluding carboxylic acids is 1. The van der Waals surface area contributed by atoms with Gasteiger partial charge in [0.1, 0.15) is 0 Å². The molecular weight excluding hydrogens is 356 g/mol. The van der Waals surface area contributed by atoms with E-state index in [4.69, 9.17) is 4.98 Å². The molecule has 0 fully saturated rings. The van der Waals surface area contributed by atoms with Gasteiger partial charge in [0.25, 0.3) is 5.91 Å². The maximum absolute atomic E-state index is 13.3. The summed E-state index contributed by atoms with van der Waals surface area (Å²) in [6, 6.07) is 28.0. The molecule has 29 heavy (non-hydrogen) atoms. The second-order valence-corrected chi connectivity index (χ2v) is 7.28. The van der Waals surface area contributed by atoms with Crippen LogP contribution in [0.25, 0.3) is 22.2 Å².